The van der Waals surface area contributed by atoms with E-state index in [9.17, 15) is 9.59 Å². The molecule has 0 unspecified atom stereocenters. The van der Waals surface area contributed by atoms with Gasteiger partial charge in [-0.3, -0.25) is 9.78 Å². The molecule has 0 fully saturated rings. The minimum Gasteiger partial charge on any atom is -0.307 e. The van der Waals surface area contributed by atoms with Gasteiger partial charge in [0.25, 0.3) is 0 Å². The lowest BCUT2D eigenvalue weighted by molar-refractivity contribution is -0.106. The highest BCUT2D eigenvalue weighted by Gasteiger charge is 2.15. The Hall–Kier alpha value is -2.92. The number of hydrogen-bond acceptors (Lipinski definition) is 3. The maximum absolute atomic E-state index is 12.3. The van der Waals surface area contributed by atoms with Crippen molar-refractivity contribution < 1.29 is 9.59 Å². The topological polar surface area (TPSA) is 62.3 Å². The van der Waals surface area contributed by atoms with Crippen molar-refractivity contribution in [1.29, 1.82) is 0 Å². The molecule has 3 rings (SSSR count). The molecule has 0 radical (unpaired) electrons. The van der Waals surface area contributed by atoms with Gasteiger partial charge in [0.15, 0.2) is 0 Å². The highest BCUT2D eigenvalue weighted by atomic mass is 35.5. The molecule has 0 saturated carbocycles. The number of carbonyl (C=O) groups is 2. The van der Waals surface area contributed by atoms with Crippen LogP contribution in [0.1, 0.15) is 0 Å². The van der Waals surface area contributed by atoms with E-state index in [-0.39, 0.29) is 0 Å². The number of carbonyl (C=O) groups excluding carboxylic acids is 2. The molecule has 0 spiro atoms. The number of nitrogens with zero attached hydrogens (tertiary/aromatic N) is 2. The number of anilines is 2. The largest absolute Gasteiger partial charge is 0.332 e. The first-order valence-corrected chi connectivity index (χ1v) is 7.21. The van der Waals surface area contributed by atoms with E-state index in [0.717, 1.165) is 15.8 Å². The Morgan fingerprint density at radius 3 is 2.78 bits per heavy atom. The van der Waals surface area contributed by atoms with Crippen LogP contribution in [-0.4, -0.2) is 17.4 Å². The molecule has 1 N–H and O–H groups in total. The molecule has 23 heavy (non-hydrogen) atoms. The molecule has 0 aliphatic heterocycles. The lowest BCUT2D eigenvalue weighted by atomic mass is 10.2. The number of benzene rings is 2. The van der Waals surface area contributed by atoms with Gasteiger partial charge in [0.2, 0.25) is 6.41 Å². The van der Waals surface area contributed by atoms with Crippen LogP contribution in [0.4, 0.5) is 16.2 Å². The second-order valence-corrected chi connectivity index (χ2v) is 5.23. The molecular formula is C17H12ClN3O2. The number of rotatable bonds is 3. The third-order valence-electron chi connectivity index (χ3n) is 3.26. The highest BCUT2D eigenvalue weighted by Crippen LogP contribution is 2.21. The number of fused-ring (bicyclic) bond motifs is 1. The fourth-order valence-corrected chi connectivity index (χ4v) is 2.38. The Balaban J connectivity index is 1.88. The Morgan fingerprint density at radius 1 is 1.13 bits per heavy atom. The third kappa shape index (κ3) is 3.30. The van der Waals surface area contributed by atoms with E-state index in [1.54, 1.807) is 54.7 Å². The van der Waals surface area contributed by atoms with Gasteiger partial charge in [0.05, 0.1) is 11.2 Å². The van der Waals surface area contributed by atoms with Crippen molar-refractivity contribution in [3.8, 4) is 0 Å². The van der Waals surface area contributed by atoms with E-state index in [1.165, 1.54) is 0 Å². The van der Waals surface area contributed by atoms with Gasteiger partial charge in [-0.1, -0.05) is 23.7 Å². The molecule has 5 nitrogen and oxygen atoms in total. The fourth-order valence-electron chi connectivity index (χ4n) is 2.19. The minimum absolute atomic E-state index is 0.458. The van der Waals surface area contributed by atoms with Crippen molar-refractivity contribution in [2.24, 2.45) is 0 Å². The third-order valence-corrected chi connectivity index (χ3v) is 3.50. The summed E-state index contributed by atoms with van der Waals surface area (Å²) in [6.45, 7) is 0. The van der Waals surface area contributed by atoms with Crippen molar-refractivity contribution in [2.45, 2.75) is 0 Å². The van der Waals surface area contributed by atoms with Crippen molar-refractivity contribution in [3.63, 3.8) is 0 Å². The Morgan fingerprint density at radius 2 is 2.00 bits per heavy atom. The molecule has 6 heteroatoms. The first kappa shape index (κ1) is 15.0. The Bertz CT molecular complexity index is 882. The quantitative estimate of drug-likeness (QED) is 0.738. The van der Waals surface area contributed by atoms with Crippen LogP contribution in [0, 0.1) is 0 Å². The number of pyridine rings is 1. The molecule has 0 aliphatic rings. The van der Waals surface area contributed by atoms with Crippen LogP contribution >= 0.6 is 11.6 Å². The second-order valence-electron chi connectivity index (χ2n) is 4.80. The van der Waals surface area contributed by atoms with Crippen molar-refractivity contribution in [2.75, 3.05) is 10.2 Å². The molecular weight excluding hydrogens is 314 g/mol. The predicted octanol–water partition coefficient (Wildman–Crippen LogP) is 4.08. The number of aromatic nitrogens is 1. The van der Waals surface area contributed by atoms with E-state index >= 15 is 0 Å². The monoisotopic (exact) mass is 325 g/mol. The number of amides is 3. The van der Waals surface area contributed by atoms with Crippen molar-refractivity contribution in [3.05, 3.63) is 65.8 Å². The summed E-state index contributed by atoms with van der Waals surface area (Å²) in [5, 5.41) is 3.97. The number of hydrogen-bond donors (Lipinski definition) is 1. The molecule has 1 heterocycles. The molecule has 114 valence electrons. The van der Waals surface area contributed by atoms with Gasteiger partial charge in [-0.25, -0.2) is 9.69 Å². The summed E-state index contributed by atoms with van der Waals surface area (Å²) in [7, 11) is 0. The maximum atomic E-state index is 12.3. The number of urea groups is 1. The molecule has 0 atom stereocenters. The van der Waals surface area contributed by atoms with Crippen LogP contribution in [-0.2, 0) is 4.79 Å². The zero-order chi connectivity index (χ0) is 16.2. The Labute approximate surface area is 137 Å². The minimum atomic E-state index is -0.564. The maximum Gasteiger partial charge on any atom is 0.332 e. The smallest absolute Gasteiger partial charge is 0.307 e. The van der Waals surface area contributed by atoms with Crippen LogP contribution in [0.5, 0.6) is 0 Å². The molecule has 0 aliphatic carbocycles. The molecule has 0 saturated heterocycles. The molecule has 0 bridgehead atoms. The average molecular weight is 326 g/mol. The lowest BCUT2D eigenvalue weighted by Gasteiger charge is -2.17. The number of nitrogens with one attached hydrogen (secondary N) is 1. The van der Waals surface area contributed by atoms with Crippen LogP contribution < -0.4 is 10.2 Å². The molecule has 1 aromatic heterocycles. The van der Waals surface area contributed by atoms with E-state index < -0.39 is 6.03 Å². The number of imide groups is 1. The summed E-state index contributed by atoms with van der Waals surface area (Å²) in [5.74, 6) is 0. The zero-order valence-corrected chi connectivity index (χ0v) is 12.7. The van der Waals surface area contributed by atoms with E-state index in [4.69, 9.17) is 11.6 Å². The van der Waals surface area contributed by atoms with Gasteiger partial charge in [0, 0.05) is 22.3 Å². The van der Waals surface area contributed by atoms with Crippen LogP contribution in [0.3, 0.4) is 0 Å². The Kier molecular flexibility index (Phi) is 4.21. The summed E-state index contributed by atoms with van der Waals surface area (Å²) < 4.78 is 0. The van der Waals surface area contributed by atoms with E-state index in [2.05, 4.69) is 10.3 Å². The average Bonchev–Trinajstić information content (AvgIpc) is 2.55. The lowest BCUT2D eigenvalue weighted by Crippen LogP contribution is -2.33. The fraction of sp³-hybridized carbons (Fsp3) is 0. The molecule has 3 aromatic rings. The normalized spacial score (nSPS) is 10.3. The summed E-state index contributed by atoms with van der Waals surface area (Å²) in [4.78, 5) is 28.9. The van der Waals surface area contributed by atoms with Crippen LogP contribution in [0.25, 0.3) is 10.9 Å². The molecule has 2 aromatic carbocycles. The first-order chi connectivity index (χ1) is 11.2. The predicted molar refractivity (Wildman–Crippen MR) is 90.8 cm³/mol. The molecule has 3 amide bonds. The summed E-state index contributed by atoms with van der Waals surface area (Å²) >= 11 is 5.88. The van der Waals surface area contributed by atoms with Crippen molar-refractivity contribution >= 4 is 46.3 Å². The standard InChI is InChI=1S/C17H12ClN3O2/c18-13-4-1-5-14(10-13)20-17(23)21(11-22)15-6-7-16-12(9-15)3-2-8-19-16/h1-11H,(H,20,23). The van der Waals surface area contributed by atoms with Gasteiger partial charge in [0.1, 0.15) is 0 Å². The summed E-state index contributed by atoms with van der Waals surface area (Å²) in [5.41, 5.74) is 1.76. The van der Waals surface area contributed by atoms with Gasteiger partial charge >= 0.3 is 6.03 Å². The summed E-state index contributed by atoms with van der Waals surface area (Å²) in [6.07, 6.45) is 2.16. The van der Waals surface area contributed by atoms with Crippen LogP contribution in [0.15, 0.2) is 60.8 Å². The van der Waals surface area contributed by atoms with Crippen LogP contribution in [0.2, 0.25) is 5.02 Å². The van der Waals surface area contributed by atoms with Crippen molar-refractivity contribution in [1.82, 2.24) is 4.98 Å². The van der Waals surface area contributed by atoms with Gasteiger partial charge in [-0.15, -0.1) is 0 Å². The van der Waals surface area contributed by atoms with Gasteiger partial charge < -0.3 is 5.32 Å². The summed E-state index contributed by atoms with van der Waals surface area (Å²) in [6, 6.07) is 15.0. The highest BCUT2D eigenvalue weighted by molar-refractivity contribution is 6.31. The second kappa shape index (κ2) is 6.46. The zero-order valence-electron chi connectivity index (χ0n) is 11.9. The first-order valence-electron chi connectivity index (χ1n) is 6.83. The van der Waals surface area contributed by atoms with Gasteiger partial charge in [-0.2, -0.15) is 0 Å². The van der Waals surface area contributed by atoms with E-state index in [1.807, 2.05) is 6.07 Å². The van der Waals surface area contributed by atoms with Gasteiger partial charge in [-0.05, 0) is 42.5 Å². The van der Waals surface area contributed by atoms with E-state index in [0.29, 0.717) is 22.8 Å². The SMILES string of the molecule is O=CN(C(=O)Nc1cccc(Cl)c1)c1ccc2ncccc2c1. The number of halogens is 1.